The zero-order valence-electron chi connectivity index (χ0n) is 11.3. The third-order valence-corrected chi connectivity index (χ3v) is 3.37. The van der Waals surface area contributed by atoms with Crippen molar-refractivity contribution in [3.63, 3.8) is 0 Å². The highest BCUT2D eigenvalue weighted by molar-refractivity contribution is 7.13. The number of hydrogen-bond acceptors (Lipinski definition) is 7. The van der Waals surface area contributed by atoms with E-state index >= 15 is 0 Å². The molecule has 2 rings (SSSR count). The van der Waals surface area contributed by atoms with Gasteiger partial charge in [0.05, 0.1) is 18.2 Å². The summed E-state index contributed by atoms with van der Waals surface area (Å²) in [7, 11) is 1.24. The van der Waals surface area contributed by atoms with Crippen LogP contribution in [0, 0.1) is 0 Å². The minimum absolute atomic E-state index is 0.0888. The monoisotopic (exact) mass is 305 g/mol. The first-order valence-corrected chi connectivity index (χ1v) is 6.76. The van der Waals surface area contributed by atoms with Gasteiger partial charge in [-0.1, -0.05) is 6.07 Å². The maximum atomic E-state index is 11.9. The van der Waals surface area contributed by atoms with Gasteiger partial charge in [-0.25, -0.2) is 14.6 Å². The second-order valence-electron chi connectivity index (χ2n) is 3.97. The lowest BCUT2D eigenvalue weighted by molar-refractivity contribution is -0.135. The number of ether oxygens (including phenoxy) is 2. The number of benzene rings is 1. The van der Waals surface area contributed by atoms with Crippen molar-refractivity contribution in [3.8, 4) is 10.6 Å². The van der Waals surface area contributed by atoms with Crippen LogP contribution in [-0.4, -0.2) is 30.0 Å². The van der Waals surface area contributed by atoms with E-state index in [9.17, 15) is 14.4 Å². The number of rotatable bonds is 3. The normalized spacial score (nSPS) is 10.0. The van der Waals surface area contributed by atoms with Gasteiger partial charge in [-0.3, -0.25) is 4.79 Å². The molecule has 1 heterocycles. The zero-order valence-corrected chi connectivity index (χ0v) is 12.1. The predicted octanol–water partition coefficient (Wildman–Crippen LogP) is 2.30. The van der Waals surface area contributed by atoms with Crippen LogP contribution in [0.2, 0.25) is 0 Å². The highest BCUT2D eigenvalue weighted by Crippen LogP contribution is 2.27. The Morgan fingerprint density at radius 1 is 1.19 bits per heavy atom. The highest BCUT2D eigenvalue weighted by atomic mass is 32.1. The van der Waals surface area contributed by atoms with Crippen LogP contribution in [0.3, 0.4) is 0 Å². The molecule has 0 unspecified atom stereocenters. The molecule has 6 nitrogen and oxygen atoms in total. The SMILES string of the molecule is COC(=O)c1cc(C(=O)OC(C)=O)ccc1-c1nccs1. The number of carbonyl (C=O) groups is 3. The summed E-state index contributed by atoms with van der Waals surface area (Å²) >= 11 is 1.35. The van der Waals surface area contributed by atoms with Crippen LogP contribution in [0.5, 0.6) is 0 Å². The lowest BCUT2D eigenvalue weighted by Crippen LogP contribution is -2.11. The molecule has 1 aromatic heterocycles. The minimum atomic E-state index is -0.821. The summed E-state index contributed by atoms with van der Waals surface area (Å²) in [5, 5.41) is 2.40. The molecule has 2 aromatic rings. The Bertz CT molecular complexity index is 693. The molecule has 7 heteroatoms. The fraction of sp³-hybridized carbons (Fsp3) is 0.143. The molecule has 0 radical (unpaired) electrons. The first kappa shape index (κ1) is 14.9. The Hall–Kier alpha value is -2.54. The number of thiazole rings is 1. The van der Waals surface area contributed by atoms with E-state index in [0.717, 1.165) is 6.92 Å². The van der Waals surface area contributed by atoms with Crippen molar-refractivity contribution in [2.75, 3.05) is 7.11 Å². The molecule has 0 aliphatic heterocycles. The molecule has 0 aliphatic rings. The molecule has 108 valence electrons. The first-order chi connectivity index (χ1) is 10.0. The Kier molecular flexibility index (Phi) is 4.44. The Labute approximate surface area is 124 Å². The van der Waals surface area contributed by atoms with Crippen LogP contribution < -0.4 is 0 Å². The number of hydrogen-bond donors (Lipinski definition) is 0. The van der Waals surface area contributed by atoms with E-state index in [0.29, 0.717) is 10.6 Å². The molecule has 0 bridgehead atoms. The Morgan fingerprint density at radius 3 is 2.52 bits per heavy atom. The van der Waals surface area contributed by atoms with Crippen LogP contribution in [0.4, 0.5) is 0 Å². The van der Waals surface area contributed by atoms with Gasteiger partial charge in [0, 0.05) is 24.1 Å². The molecule has 0 atom stereocenters. The van der Waals surface area contributed by atoms with Gasteiger partial charge in [0.1, 0.15) is 5.01 Å². The van der Waals surface area contributed by atoms with E-state index in [1.807, 2.05) is 0 Å². The molecule has 1 aromatic carbocycles. The molecule has 0 saturated heterocycles. The number of carbonyl (C=O) groups excluding carboxylic acids is 3. The van der Waals surface area contributed by atoms with Crippen molar-refractivity contribution in [1.29, 1.82) is 0 Å². The number of esters is 3. The van der Waals surface area contributed by atoms with E-state index in [-0.39, 0.29) is 11.1 Å². The molecule has 21 heavy (non-hydrogen) atoms. The van der Waals surface area contributed by atoms with Crippen molar-refractivity contribution >= 4 is 29.2 Å². The van der Waals surface area contributed by atoms with Gasteiger partial charge in [0.2, 0.25) is 0 Å². The van der Waals surface area contributed by atoms with Gasteiger partial charge in [-0.05, 0) is 12.1 Å². The van der Waals surface area contributed by atoms with Gasteiger partial charge in [0.15, 0.2) is 0 Å². The third-order valence-electron chi connectivity index (χ3n) is 2.56. The topological polar surface area (TPSA) is 82.6 Å². The second-order valence-corrected chi connectivity index (χ2v) is 4.86. The second kappa shape index (κ2) is 6.27. The quantitative estimate of drug-likeness (QED) is 0.639. The fourth-order valence-electron chi connectivity index (χ4n) is 1.68. The molecule has 0 saturated carbocycles. The molecular weight excluding hydrogens is 294 g/mol. The van der Waals surface area contributed by atoms with Gasteiger partial charge >= 0.3 is 17.9 Å². The average Bonchev–Trinajstić information content (AvgIpc) is 2.99. The van der Waals surface area contributed by atoms with Crippen LogP contribution in [0.15, 0.2) is 29.8 Å². The van der Waals surface area contributed by atoms with Crippen molar-refractivity contribution < 1.29 is 23.9 Å². The summed E-state index contributed by atoms with van der Waals surface area (Å²) in [6, 6.07) is 4.37. The van der Waals surface area contributed by atoms with E-state index in [1.165, 1.54) is 30.6 Å². The number of nitrogens with zero attached hydrogens (tertiary/aromatic N) is 1. The van der Waals surface area contributed by atoms with E-state index in [4.69, 9.17) is 4.74 Å². The van der Waals surface area contributed by atoms with Crippen molar-refractivity contribution in [2.45, 2.75) is 6.92 Å². The van der Waals surface area contributed by atoms with Crippen molar-refractivity contribution in [1.82, 2.24) is 4.98 Å². The summed E-state index contributed by atoms with van der Waals surface area (Å²) in [5.41, 5.74) is 0.826. The standard InChI is InChI=1S/C14H11NO5S/c1-8(16)20-13(17)9-3-4-10(12-15-5-6-21-12)11(7-9)14(18)19-2/h3-7H,1-2H3. The van der Waals surface area contributed by atoms with Crippen molar-refractivity contribution in [3.05, 3.63) is 40.9 Å². The molecule has 0 amide bonds. The van der Waals surface area contributed by atoms with Gasteiger partial charge in [-0.15, -0.1) is 11.3 Å². The lowest BCUT2D eigenvalue weighted by atomic mass is 10.0. The predicted molar refractivity (Wildman–Crippen MR) is 75.0 cm³/mol. The third kappa shape index (κ3) is 3.32. The van der Waals surface area contributed by atoms with E-state index < -0.39 is 17.9 Å². The van der Waals surface area contributed by atoms with Gasteiger partial charge in [-0.2, -0.15) is 0 Å². The smallest absolute Gasteiger partial charge is 0.345 e. The molecule has 0 spiro atoms. The van der Waals surface area contributed by atoms with Crippen LogP contribution in [-0.2, 0) is 14.3 Å². The maximum absolute atomic E-state index is 11.9. The average molecular weight is 305 g/mol. The molecular formula is C14H11NO5S. The summed E-state index contributed by atoms with van der Waals surface area (Å²) < 4.78 is 9.20. The Morgan fingerprint density at radius 2 is 1.95 bits per heavy atom. The van der Waals surface area contributed by atoms with Crippen LogP contribution in [0.1, 0.15) is 27.6 Å². The van der Waals surface area contributed by atoms with Gasteiger partial charge < -0.3 is 9.47 Å². The highest BCUT2D eigenvalue weighted by Gasteiger charge is 2.19. The summed E-state index contributed by atoms with van der Waals surface area (Å²) in [5.74, 6) is -2.14. The minimum Gasteiger partial charge on any atom is -0.465 e. The largest absolute Gasteiger partial charge is 0.465 e. The van der Waals surface area contributed by atoms with E-state index in [1.54, 1.807) is 17.6 Å². The van der Waals surface area contributed by atoms with Crippen LogP contribution in [0.25, 0.3) is 10.6 Å². The van der Waals surface area contributed by atoms with Crippen molar-refractivity contribution in [2.24, 2.45) is 0 Å². The number of aromatic nitrogens is 1. The van der Waals surface area contributed by atoms with Crippen LogP contribution >= 0.6 is 11.3 Å². The zero-order chi connectivity index (χ0) is 15.4. The first-order valence-electron chi connectivity index (χ1n) is 5.88. The molecule has 0 N–H and O–H groups in total. The summed E-state index contributed by atoms with van der Waals surface area (Å²) in [6.07, 6.45) is 1.61. The molecule has 0 fully saturated rings. The summed E-state index contributed by atoms with van der Waals surface area (Å²) in [4.78, 5) is 38.5. The Balaban J connectivity index is 2.47. The fourth-order valence-corrected chi connectivity index (χ4v) is 2.36. The molecule has 0 aliphatic carbocycles. The van der Waals surface area contributed by atoms with E-state index in [2.05, 4.69) is 9.72 Å². The lowest BCUT2D eigenvalue weighted by Gasteiger charge is -2.08. The van der Waals surface area contributed by atoms with Gasteiger partial charge in [0.25, 0.3) is 0 Å². The summed E-state index contributed by atoms with van der Waals surface area (Å²) in [6.45, 7) is 1.13. The number of methoxy groups -OCH3 is 1. The maximum Gasteiger partial charge on any atom is 0.345 e.